The van der Waals surface area contributed by atoms with Crippen molar-refractivity contribution in [3.05, 3.63) is 28.7 Å². The minimum absolute atomic E-state index is 0.455. The Morgan fingerprint density at radius 3 is 2.33 bits per heavy atom. The molecule has 0 saturated heterocycles. The van der Waals surface area contributed by atoms with Crippen LogP contribution in [0.3, 0.4) is 0 Å². The van der Waals surface area contributed by atoms with Crippen LogP contribution in [0.5, 0.6) is 0 Å². The smallest absolute Gasteiger partial charge is 0.0186 e. The van der Waals surface area contributed by atoms with Gasteiger partial charge in [0.15, 0.2) is 0 Å². The molecule has 3 heteroatoms. The van der Waals surface area contributed by atoms with Crippen molar-refractivity contribution in [3.63, 3.8) is 0 Å². The fourth-order valence-corrected chi connectivity index (χ4v) is 5.12. The Kier molecular flexibility index (Phi) is 7.97. The molecule has 0 atom stereocenters. The lowest BCUT2D eigenvalue weighted by Gasteiger charge is -2.31. The molecular weight excluding hydrogens is 372 g/mol. The highest BCUT2D eigenvalue weighted by Gasteiger charge is 2.27. The summed E-state index contributed by atoms with van der Waals surface area (Å²) >= 11 is 9.27. The molecule has 1 rings (SSSR count). The summed E-state index contributed by atoms with van der Waals surface area (Å²) in [6.07, 6.45) is 5.16. The quantitative estimate of drug-likeness (QED) is 0.357. The largest absolute Gasteiger partial charge is 0.126 e. The Labute approximate surface area is 133 Å². The number of thioether (sulfide) groups is 1. The van der Waals surface area contributed by atoms with Crippen LogP contribution in [0.1, 0.15) is 39.5 Å². The van der Waals surface area contributed by atoms with Gasteiger partial charge in [-0.3, -0.25) is 0 Å². The Morgan fingerprint density at radius 2 is 1.83 bits per heavy atom. The first-order valence-corrected chi connectivity index (χ1v) is 9.50. The maximum atomic E-state index is 3.74. The minimum Gasteiger partial charge on any atom is -0.126 e. The second kappa shape index (κ2) is 8.65. The van der Waals surface area contributed by atoms with Gasteiger partial charge in [0, 0.05) is 20.5 Å². The first-order chi connectivity index (χ1) is 8.65. The maximum absolute atomic E-state index is 3.74. The first kappa shape index (κ1) is 16.6. The van der Waals surface area contributed by atoms with Crippen LogP contribution in [0.4, 0.5) is 0 Å². The van der Waals surface area contributed by atoms with E-state index >= 15 is 0 Å². The highest BCUT2D eigenvalue weighted by Crippen LogP contribution is 2.38. The highest BCUT2D eigenvalue weighted by atomic mass is 79.9. The number of rotatable bonds is 8. The molecule has 0 nitrogen and oxygen atoms in total. The molecule has 1 aromatic carbocycles. The van der Waals surface area contributed by atoms with Crippen LogP contribution in [0.2, 0.25) is 0 Å². The summed E-state index contributed by atoms with van der Waals surface area (Å²) in [5.74, 6) is 1.20. The molecule has 1 aromatic rings. The predicted octanol–water partition coefficient (Wildman–Crippen LogP) is 6.52. The Morgan fingerprint density at radius 1 is 1.17 bits per heavy atom. The number of hydrogen-bond acceptors (Lipinski definition) is 1. The van der Waals surface area contributed by atoms with Crippen LogP contribution in [0.25, 0.3) is 0 Å². The minimum atomic E-state index is 0.455. The van der Waals surface area contributed by atoms with Crippen LogP contribution in [-0.4, -0.2) is 11.1 Å². The lowest BCUT2D eigenvalue weighted by Crippen LogP contribution is -2.25. The normalized spacial score (nSPS) is 11.8. The van der Waals surface area contributed by atoms with Crippen LogP contribution in [0, 0.1) is 5.41 Å². The van der Waals surface area contributed by atoms with E-state index < -0.39 is 0 Å². The van der Waals surface area contributed by atoms with Gasteiger partial charge in [0.1, 0.15) is 0 Å². The highest BCUT2D eigenvalue weighted by molar-refractivity contribution is 9.10. The van der Waals surface area contributed by atoms with Crippen LogP contribution in [0.15, 0.2) is 33.6 Å². The van der Waals surface area contributed by atoms with E-state index in [1.54, 1.807) is 0 Å². The van der Waals surface area contributed by atoms with Crippen molar-refractivity contribution in [1.29, 1.82) is 0 Å². The van der Waals surface area contributed by atoms with E-state index in [-0.39, 0.29) is 0 Å². The molecule has 0 unspecified atom stereocenters. The van der Waals surface area contributed by atoms with Gasteiger partial charge < -0.3 is 0 Å². The van der Waals surface area contributed by atoms with Crippen molar-refractivity contribution >= 4 is 43.6 Å². The van der Waals surface area contributed by atoms with Gasteiger partial charge in [0.05, 0.1) is 0 Å². The summed E-state index contributed by atoms with van der Waals surface area (Å²) in [5, 5.41) is 1.11. The van der Waals surface area contributed by atoms with Crippen LogP contribution in [-0.2, 0) is 0 Å². The number of alkyl halides is 1. The average Bonchev–Trinajstić information content (AvgIpc) is 2.37. The summed E-state index contributed by atoms with van der Waals surface area (Å²) < 4.78 is 1.17. The summed E-state index contributed by atoms with van der Waals surface area (Å²) in [5.41, 5.74) is 0.455. The van der Waals surface area contributed by atoms with Crippen molar-refractivity contribution < 1.29 is 0 Å². The lowest BCUT2D eigenvalue weighted by atomic mass is 9.83. The molecule has 0 fully saturated rings. The summed E-state index contributed by atoms with van der Waals surface area (Å²) in [6, 6.07) is 8.61. The molecule has 0 aliphatic rings. The Hall–Kier alpha value is 0.530. The Bertz CT molecular complexity index is 346. The van der Waals surface area contributed by atoms with Gasteiger partial charge in [-0.05, 0) is 36.5 Å². The molecule has 0 radical (unpaired) electrons. The summed E-state index contributed by atoms with van der Waals surface area (Å²) in [4.78, 5) is 1.36. The van der Waals surface area contributed by atoms with Crippen LogP contribution < -0.4 is 0 Å². The monoisotopic (exact) mass is 392 g/mol. The van der Waals surface area contributed by atoms with E-state index in [0.717, 1.165) is 5.33 Å². The molecule has 0 aliphatic carbocycles. The molecule has 18 heavy (non-hydrogen) atoms. The maximum Gasteiger partial charge on any atom is 0.0186 e. The van der Waals surface area contributed by atoms with Gasteiger partial charge in [0.25, 0.3) is 0 Å². The molecule has 0 aromatic heterocycles. The third-order valence-electron chi connectivity index (χ3n) is 3.19. The molecule has 0 N–H and O–H groups in total. The summed E-state index contributed by atoms with van der Waals surface area (Å²) in [7, 11) is 0. The molecule has 0 spiro atoms. The standard InChI is InChI=1S/C15H22Br2S/c1-3-8-15(11-16,9-4-2)12-18-14-7-5-6-13(17)10-14/h5-7,10H,3-4,8-9,11-12H2,1-2H3. The summed E-state index contributed by atoms with van der Waals surface area (Å²) in [6.45, 7) is 4.58. The molecule has 0 amide bonds. The molecular formula is C15H22Br2S. The SMILES string of the molecule is CCCC(CBr)(CCC)CSc1cccc(Br)c1. The zero-order valence-corrected chi connectivity index (χ0v) is 15.2. The predicted molar refractivity (Wildman–Crippen MR) is 90.9 cm³/mol. The zero-order chi connectivity index (χ0) is 13.4. The molecule has 0 heterocycles. The molecule has 0 saturated carbocycles. The van der Waals surface area contributed by atoms with Gasteiger partial charge in [0.2, 0.25) is 0 Å². The average molecular weight is 394 g/mol. The van der Waals surface area contributed by atoms with E-state index in [1.165, 1.54) is 40.8 Å². The molecule has 102 valence electrons. The fraction of sp³-hybridized carbons (Fsp3) is 0.600. The van der Waals surface area contributed by atoms with Crippen molar-refractivity contribution in [2.24, 2.45) is 5.41 Å². The van der Waals surface area contributed by atoms with E-state index in [2.05, 4.69) is 70.0 Å². The van der Waals surface area contributed by atoms with Crippen molar-refractivity contribution in [1.82, 2.24) is 0 Å². The second-order valence-corrected chi connectivity index (χ2v) is 7.40. The Balaban J connectivity index is 2.66. The molecule has 0 bridgehead atoms. The van der Waals surface area contributed by atoms with Crippen molar-refractivity contribution in [2.75, 3.05) is 11.1 Å². The van der Waals surface area contributed by atoms with Gasteiger partial charge in [-0.1, -0.05) is 64.6 Å². The lowest BCUT2D eigenvalue weighted by molar-refractivity contribution is 0.320. The second-order valence-electron chi connectivity index (χ2n) is 4.88. The third-order valence-corrected chi connectivity index (χ3v) is 6.21. The van der Waals surface area contributed by atoms with E-state index in [4.69, 9.17) is 0 Å². The van der Waals surface area contributed by atoms with Crippen LogP contribution >= 0.6 is 43.6 Å². The van der Waals surface area contributed by atoms with Gasteiger partial charge in [-0.25, -0.2) is 0 Å². The van der Waals surface area contributed by atoms with Gasteiger partial charge in [-0.15, -0.1) is 11.8 Å². The topological polar surface area (TPSA) is 0 Å². The molecule has 0 aliphatic heterocycles. The van der Waals surface area contributed by atoms with E-state index in [0.29, 0.717) is 5.41 Å². The van der Waals surface area contributed by atoms with Gasteiger partial charge >= 0.3 is 0 Å². The third kappa shape index (κ3) is 5.26. The first-order valence-electron chi connectivity index (χ1n) is 6.60. The number of hydrogen-bond donors (Lipinski definition) is 0. The number of halogens is 2. The van der Waals surface area contributed by atoms with Crippen molar-refractivity contribution in [3.8, 4) is 0 Å². The van der Waals surface area contributed by atoms with Gasteiger partial charge in [-0.2, -0.15) is 0 Å². The fourth-order valence-electron chi connectivity index (χ4n) is 2.30. The van der Waals surface area contributed by atoms with E-state index in [9.17, 15) is 0 Å². The number of benzene rings is 1. The zero-order valence-electron chi connectivity index (χ0n) is 11.2. The van der Waals surface area contributed by atoms with E-state index in [1.807, 2.05) is 11.8 Å². The van der Waals surface area contributed by atoms with Crippen molar-refractivity contribution in [2.45, 2.75) is 44.4 Å².